The molecular formula is C44H51N7O8S. The number of carbonyl (C=O) groups is 4. The van der Waals surface area contributed by atoms with Gasteiger partial charge in [0.15, 0.2) is 5.65 Å². The lowest BCUT2D eigenvalue weighted by atomic mass is 10.0. The quantitative estimate of drug-likeness (QED) is 0.198. The SMILES string of the molecule is Cc1ccc2c(c1)nn1c(O[C@@H]3C[C@H]4C(=O)N[C@]5(C(=O)NS(=O)(=O)C6CC6)C[C@@H]5/C=C\CCCCC[C@H](NC(=O)OC5CCCC5)C(=O)N4C3)cc(-c3ccccc3)nc21. The number of allylic oxidation sites excluding steroid dienone is 1. The number of rotatable bonds is 8. The first-order chi connectivity index (χ1) is 29.0. The Bertz CT molecular complexity index is 2460. The highest BCUT2D eigenvalue weighted by atomic mass is 32.2. The van der Waals surface area contributed by atoms with Crippen LogP contribution < -0.4 is 20.1 Å². The normalized spacial score (nSPS) is 27.0. The highest BCUT2D eigenvalue weighted by Gasteiger charge is 2.62. The molecule has 5 atom stereocenters. The van der Waals surface area contributed by atoms with Crippen molar-refractivity contribution >= 4 is 50.4 Å². The largest absolute Gasteiger partial charge is 0.472 e. The predicted octanol–water partition coefficient (Wildman–Crippen LogP) is 5.25. The molecule has 0 bridgehead atoms. The second-order valence-electron chi connectivity index (χ2n) is 17.1. The van der Waals surface area contributed by atoms with Gasteiger partial charge in [-0.05, 0) is 88.8 Å². The molecule has 0 radical (unpaired) electrons. The molecule has 2 aromatic carbocycles. The lowest BCUT2D eigenvalue weighted by Crippen LogP contribution is -2.58. The standard InChI is InChI=1S/C44H51N7O8S/c1-27-18-21-33-36(22-27)48-51-38(24-35(45-39(33)51)28-12-6-5-7-13-28)58-31-23-37-40(52)47-44(42(54)49-60(56,57)32-19-20-32)25-29(44)14-8-3-2-4-9-17-34(41(53)50(37)26-31)46-43(55)59-30-15-10-11-16-30/h5-8,12-14,18,21-22,24,29-32,34,37H,2-4,9-11,15-17,19-20,23,25-26H2,1H3,(H,46,55)(H,47,52)(H,49,54)/b14-8-/t29-,31+,34-,37-,44+/m0/s1. The molecule has 0 unspecified atom stereocenters. The summed E-state index contributed by atoms with van der Waals surface area (Å²) in [5.41, 5.74) is 2.33. The van der Waals surface area contributed by atoms with E-state index in [0.29, 0.717) is 49.3 Å². The first-order valence-electron chi connectivity index (χ1n) is 21.3. The Morgan fingerprint density at radius 3 is 2.50 bits per heavy atom. The first kappa shape index (κ1) is 39.9. The molecule has 15 nitrogen and oxygen atoms in total. The zero-order valence-corrected chi connectivity index (χ0v) is 34.5. The van der Waals surface area contributed by atoms with Gasteiger partial charge in [-0.25, -0.2) is 18.2 Å². The maximum Gasteiger partial charge on any atom is 0.408 e. The monoisotopic (exact) mass is 837 g/mol. The van der Waals surface area contributed by atoms with Gasteiger partial charge < -0.3 is 25.0 Å². The van der Waals surface area contributed by atoms with Gasteiger partial charge in [0.1, 0.15) is 29.8 Å². The number of sulfonamides is 1. The fourth-order valence-corrected chi connectivity index (χ4v) is 10.3. The van der Waals surface area contributed by atoms with E-state index in [1.54, 1.807) is 10.6 Å². The smallest absolute Gasteiger partial charge is 0.408 e. The van der Waals surface area contributed by atoms with E-state index < -0.39 is 68.7 Å². The van der Waals surface area contributed by atoms with Crippen LogP contribution in [0.1, 0.15) is 89.0 Å². The van der Waals surface area contributed by atoms with E-state index >= 15 is 0 Å². The summed E-state index contributed by atoms with van der Waals surface area (Å²) >= 11 is 0. The summed E-state index contributed by atoms with van der Waals surface area (Å²) in [6.07, 6.45) is 10.1. The number of nitrogens with zero attached hydrogens (tertiary/aromatic N) is 4. The van der Waals surface area contributed by atoms with E-state index in [-0.39, 0.29) is 25.5 Å². The maximum atomic E-state index is 14.8. The van der Waals surface area contributed by atoms with Gasteiger partial charge in [-0.15, -0.1) is 0 Å². The summed E-state index contributed by atoms with van der Waals surface area (Å²) in [5.74, 6) is -1.94. The number of carbonyl (C=O) groups excluding carboxylic acids is 4. The van der Waals surface area contributed by atoms with Gasteiger partial charge in [-0.1, -0.05) is 61.4 Å². The van der Waals surface area contributed by atoms with Gasteiger partial charge in [-0.3, -0.25) is 19.1 Å². The van der Waals surface area contributed by atoms with Crippen LogP contribution in [0.15, 0.2) is 66.7 Å². The first-order valence-corrected chi connectivity index (χ1v) is 22.9. The van der Waals surface area contributed by atoms with Crippen LogP contribution in [0, 0.1) is 12.8 Å². The second-order valence-corrected chi connectivity index (χ2v) is 19.1. The highest BCUT2D eigenvalue weighted by Crippen LogP contribution is 2.46. The Balaban J connectivity index is 1.06. The lowest BCUT2D eigenvalue weighted by molar-refractivity contribution is -0.141. The number of fused-ring (bicyclic) bond motifs is 5. The Hall–Kier alpha value is -5.51. The number of benzene rings is 2. The van der Waals surface area contributed by atoms with E-state index in [2.05, 4.69) is 15.4 Å². The minimum atomic E-state index is -3.91. The molecule has 0 spiro atoms. The second kappa shape index (κ2) is 16.2. The zero-order valence-electron chi connectivity index (χ0n) is 33.7. The molecule has 4 heterocycles. The van der Waals surface area contributed by atoms with Crippen LogP contribution in [0.5, 0.6) is 5.88 Å². The van der Waals surface area contributed by atoms with Crippen LogP contribution in [0.2, 0.25) is 0 Å². The fourth-order valence-electron chi connectivity index (χ4n) is 8.96. The van der Waals surface area contributed by atoms with Gasteiger partial charge in [0, 0.05) is 29.4 Å². The zero-order chi connectivity index (χ0) is 41.6. The summed E-state index contributed by atoms with van der Waals surface area (Å²) in [6.45, 7) is 1.97. The summed E-state index contributed by atoms with van der Waals surface area (Å²) in [6, 6.07) is 15.3. The van der Waals surface area contributed by atoms with Crippen molar-refractivity contribution in [3.63, 3.8) is 0 Å². The molecule has 60 heavy (non-hydrogen) atoms. The van der Waals surface area contributed by atoms with Gasteiger partial charge in [0.05, 0.1) is 23.0 Å². The van der Waals surface area contributed by atoms with Gasteiger partial charge in [-0.2, -0.15) is 9.61 Å². The van der Waals surface area contributed by atoms with E-state index in [0.717, 1.165) is 60.6 Å². The lowest BCUT2D eigenvalue weighted by Gasteiger charge is -2.30. The third kappa shape index (κ3) is 8.17. The highest BCUT2D eigenvalue weighted by molar-refractivity contribution is 7.91. The molecule has 3 aliphatic carbocycles. The molecule has 2 aliphatic heterocycles. The number of aryl methyl sites for hydroxylation is 1. The number of aromatic nitrogens is 3. The summed E-state index contributed by atoms with van der Waals surface area (Å²) < 4.78 is 42.3. The minimum absolute atomic E-state index is 0.0181. The van der Waals surface area contributed by atoms with Crippen molar-refractivity contribution in [2.24, 2.45) is 5.92 Å². The number of amides is 4. The third-order valence-electron chi connectivity index (χ3n) is 12.6. The maximum absolute atomic E-state index is 14.8. The molecule has 316 valence electrons. The number of hydrogen-bond acceptors (Lipinski definition) is 10. The van der Waals surface area contributed by atoms with Crippen molar-refractivity contribution in [2.75, 3.05) is 6.54 Å². The van der Waals surface area contributed by atoms with Crippen molar-refractivity contribution < 1.29 is 37.1 Å². The number of hydrogen-bond donors (Lipinski definition) is 3. The summed E-state index contributed by atoms with van der Waals surface area (Å²) in [4.78, 5) is 63.0. The van der Waals surface area contributed by atoms with E-state index in [1.807, 2.05) is 67.6 Å². The average Bonchev–Trinajstić information content (AvgIpc) is 4.04. The Labute approximate surface area is 348 Å². The minimum Gasteiger partial charge on any atom is -0.472 e. The Kier molecular flexibility index (Phi) is 10.8. The van der Waals surface area contributed by atoms with Crippen LogP contribution >= 0.6 is 0 Å². The number of alkyl carbamates (subject to hydrolysis) is 1. The van der Waals surface area contributed by atoms with Crippen molar-refractivity contribution in [3.05, 3.63) is 72.3 Å². The van der Waals surface area contributed by atoms with Gasteiger partial charge in [0.2, 0.25) is 27.7 Å². The van der Waals surface area contributed by atoms with Crippen molar-refractivity contribution in [1.82, 2.24) is 34.9 Å². The van der Waals surface area contributed by atoms with E-state index in [9.17, 15) is 27.6 Å². The topological polar surface area (TPSA) is 190 Å². The van der Waals surface area contributed by atoms with Gasteiger partial charge in [0.25, 0.3) is 5.91 Å². The predicted molar refractivity (Wildman–Crippen MR) is 222 cm³/mol. The number of ether oxygens (including phenoxy) is 2. The Morgan fingerprint density at radius 2 is 1.72 bits per heavy atom. The van der Waals surface area contributed by atoms with Crippen molar-refractivity contribution in [2.45, 2.75) is 125 Å². The molecule has 5 aliphatic rings. The van der Waals surface area contributed by atoms with Crippen LogP contribution in [-0.4, -0.2) is 93.4 Å². The van der Waals surface area contributed by atoms with Crippen molar-refractivity contribution in [3.8, 4) is 17.1 Å². The average molecular weight is 838 g/mol. The number of nitrogens with one attached hydrogen (secondary N) is 3. The fraction of sp³-hybridized carbons (Fsp3) is 0.500. The molecule has 3 N–H and O–H groups in total. The van der Waals surface area contributed by atoms with Crippen LogP contribution in [0.3, 0.4) is 0 Å². The molecule has 4 fully saturated rings. The summed E-state index contributed by atoms with van der Waals surface area (Å²) in [5, 5.41) is 10.8. The molecule has 2 aromatic heterocycles. The molecule has 16 heteroatoms. The molecular weight excluding hydrogens is 787 g/mol. The van der Waals surface area contributed by atoms with Crippen LogP contribution in [0.4, 0.5) is 4.79 Å². The van der Waals surface area contributed by atoms with Crippen molar-refractivity contribution in [1.29, 1.82) is 0 Å². The summed E-state index contributed by atoms with van der Waals surface area (Å²) in [7, 11) is -3.91. The molecule has 9 rings (SSSR count). The van der Waals surface area contributed by atoms with Crippen LogP contribution in [-0.2, 0) is 29.1 Å². The Morgan fingerprint density at radius 1 is 0.933 bits per heavy atom. The molecule has 1 saturated heterocycles. The van der Waals surface area contributed by atoms with Crippen LogP contribution in [0.25, 0.3) is 27.8 Å². The van der Waals surface area contributed by atoms with E-state index in [4.69, 9.17) is 19.6 Å². The van der Waals surface area contributed by atoms with E-state index in [1.165, 1.54) is 4.90 Å². The molecule has 3 saturated carbocycles. The molecule has 4 aromatic rings. The molecule has 4 amide bonds. The van der Waals surface area contributed by atoms with Gasteiger partial charge >= 0.3 is 6.09 Å². The third-order valence-corrected chi connectivity index (χ3v) is 14.4.